The molecule has 0 radical (unpaired) electrons. The van der Waals surface area contributed by atoms with Gasteiger partial charge in [-0.2, -0.15) is 0 Å². The highest BCUT2D eigenvalue weighted by Gasteiger charge is 2.26. The summed E-state index contributed by atoms with van der Waals surface area (Å²) in [4.78, 5) is 2.00. The van der Waals surface area contributed by atoms with Crippen LogP contribution in [0.25, 0.3) is 0 Å². The molecule has 19 heavy (non-hydrogen) atoms. The Morgan fingerprint density at radius 1 is 1.42 bits per heavy atom. The first kappa shape index (κ1) is 14.3. The molecule has 4 nitrogen and oxygen atoms in total. The molecule has 0 saturated heterocycles. The fourth-order valence-electron chi connectivity index (χ4n) is 2.63. The van der Waals surface area contributed by atoms with E-state index in [-0.39, 0.29) is 6.04 Å². The van der Waals surface area contributed by atoms with E-state index in [1.807, 2.05) is 44.1 Å². The molecule has 2 unspecified atom stereocenters. The Morgan fingerprint density at radius 2 is 2.16 bits per heavy atom. The summed E-state index contributed by atoms with van der Waals surface area (Å²) in [6.45, 7) is 3.81. The molecule has 2 atom stereocenters. The highest BCUT2D eigenvalue weighted by molar-refractivity contribution is 5.37. The normalized spacial score (nSPS) is 21.6. The summed E-state index contributed by atoms with van der Waals surface area (Å²) >= 11 is 0. The van der Waals surface area contributed by atoms with E-state index in [0.29, 0.717) is 13.1 Å². The molecular weight excluding hydrogens is 240 g/mol. The summed E-state index contributed by atoms with van der Waals surface area (Å²) < 4.78 is 5.64. The fourth-order valence-corrected chi connectivity index (χ4v) is 2.63. The molecule has 4 heteroatoms. The van der Waals surface area contributed by atoms with Crippen LogP contribution in [0.3, 0.4) is 0 Å². The van der Waals surface area contributed by atoms with E-state index in [0.717, 1.165) is 18.8 Å². The first-order valence-corrected chi connectivity index (χ1v) is 6.80. The first-order valence-electron chi connectivity index (χ1n) is 6.80. The largest absolute Gasteiger partial charge is 0.493 e. The van der Waals surface area contributed by atoms with Crippen molar-refractivity contribution in [3.8, 4) is 5.75 Å². The van der Waals surface area contributed by atoms with Crippen LogP contribution >= 0.6 is 0 Å². The number of nitrogens with zero attached hydrogens (tertiary/aromatic N) is 1. The molecule has 1 aliphatic heterocycles. The molecule has 1 aromatic carbocycles. The van der Waals surface area contributed by atoms with Crippen LogP contribution in [0.4, 0.5) is 0 Å². The van der Waals surface area contributed by atoms with Crippen molar-refractivity contribution in [2.45, 2.75) is 25.0 Å². The van der Waals surface area contributed by atoms with Crippen molar-refractivity contribution in [3.05, 3.63) is 29.8 Å². The van der Waals surface area contributed by atoms with Crippen LogP contribution in [0.2, 0.25) is 0 Å². The standard InChI is InChI=1S/C15H24N2O2/c1-15(18,11-17(2)3)10-16-13-8-9-19-14-7-5-4-6-12(13)14/h4-7,13,16,18H,8-11H2,1-3H3. The summed E-state index contributed by atoms with van der Waals surface area (Å²) in [7, 11) is 3.94. The second-order valence-corrected chi connectivity index (χ2v) is 5.84. The number of aliphatic hydroxyl groups is 1. The van der Waals surface area contributed by atoms with Crippen molar-refractivity contribution in [2.75, 3.05) is 33.8 Å². The molecule has 106 valence electrons. The summed E-state index contributed by atoms with van der Waals surface area (Å²) in [5.41, 5.74) is 0.464. The van der Waals surface area contributed by atoms with Gasteiger partial charge in [-0.25, -0.2) is 0 Å². The van der Waals surface area contributed by atoms with Gasteiger partial charge in [0.05, 0.1) is 12.2 Å². The Kier molecular flexibility index (Phi) is 4.45. The molecule has 1 heterocycles. The van der Waals surface area contributed by atoms with Gasteiger partial charge in [0.25, 0.3) is 0 Å². The molecule has 1 aromatic rings. The van der Waals surface area contributed by atoms with Gasteiger partial charge in [0.15, 0.2) is 0 Å². The van der Waals surface area contributed by atoms with E-state index in [2.05, 4.69) is 11.4 Å². The number of ether oxygens (including phenoxy) is 1. The van der Waals surface area contributed by atoms with Crippen molar-refractivity contribution >= 4 is 0 Å². The minimum absolute atomic E-state index is 0.263. The zero-order valence-corrected chi connectivity index (χ0v) is 12.0. The first-order chi connectivity index (χ1) is 8.98. The molecule has 0 amide bonds. The minimum atomic E-state index is -0.725. The third kappa shape index (κ3) is 3.93. The lowest BCUT2D eigenvalue weighted by atomic mass is 9.99. The lowest BCUT2D eigenvalue weighted by Crippen LogP contribution is -2.46. The van der Waals surface area contributed by atoms with Crippen LogP contribution in [0.1, 0.15) is 24.9 Å². The smallest absolute Gasteiger partial charge is 0.124 e. The van der Waals surface area contributed by atoms with Crippen molar-refractivity contribution in [1.29, 1.82) is 0 Å². The molecule has 0 aromatic heterocycles. The van der Waals surface area contributed by atoms with Gasteiger partial charge in [0.2, 0.25) is 0 Å². The Labute approximate surface area is 115 Å². The van der Waals surface area contributed by atoms with E-state index in [1.54, 1.807) is 0 Å². The Bertz CT molecular complexity index is 418. The maximum Gasteiger partial charge on any atom is 0.124 e. The molecule has 0 fully saturated rings. The number of hydrogen-bond acceptors (Lipinski definition) is 4. The van der Waals surface area contributed by atoms with E-state index in [9.17, 15) is 5.11 Å². The van der Waals surface area contributed by atoms with Gasteiger partial charge in [-0.05, 0) is 27.1 Å². The lowest BCUT2D eigenvalue weighted by Gasteiger charge is -2.32. The Balaban J connectivity index is 1.98. The SMILES string of the molecule is CN(C)CC(C)(O)CNC1CCOc2ccccc21. The van der Waals surface area contributed by atoms with Gasteiger partial charge in [-0.15, -0.1) is 0 Å². The summed E-state index contributed by atoms with van der Waals surface area (Å²) in [6.07, 6.45) is 0.940. The highest BCUT2D eigenvalue weighted by Crippen LogP contribution is 2.31. The third-order valence-corrected chi connectivity index (χ3v) is 3.34. The molecular formula is C15H24N2O2. The van der Waals surface area contributed by atoms with Crippen molar-refractivity contribution in [2.24, 2.45) is 0 Å². The van der Waals surface area contributed by atoms with Crippen LogP contribution in [0, 0.1) is 0 Å². The van der Waals surface area contributed by atoms with Gasteiger partial charge in [0.1, 0.15) is 5.75 Å². The van der Waals surface area contributed by atoms with Crippen LogP contribution in [-0.4, -0.2) is 49.4 Å². The average Bonchev–Trinajstić information content (AvgIpc) is 2.35. The maximum absolute atomic E-state index is 10.3. The van der Waals surface area contributed by atoms with Gasteiger partial charge >= 0.3 is 0 Å². The lowest BCUT2D eigenvalue weighted by molar-refractivity contribution is 0.0299. The Hall–Kier alpha value is -1.10. The summed E-state index contributed by atoms with van der Waals surface area (Å²) in [5.74, 6) is 0.957. The monoisotopic (exact) mass is 264 g/mol. The summed E-state index contributed by atoms with van der Waals surface area (Å²) in [6, 6.07) is 8.37. The van der Waals surface area contributed by atoms with Gasteiger partial charge in [-0.1, -0.05) is 18.2 Å². The zero-order valence-electron chi connectivity index (χ0n) is 12.0. The summed E-state index contributed by atoms with van der Waals surface area (Å²) in [5, 5.41) is 13.8. The predicted molar refractivity (Wildman–Crippen MR) is 76.5 cm³/mol. The number of fused-ring (bicyclic) bond motifs is 1. The Morgan fingerprint density at radius 3 is 2.89 bits per heavy atom. The van der Waals surface area contributed by atoms with Gasteiger partial charge in [0, 0.05) is 31.1 Å². The van der Waals surface area contributed by atoms with E-state index in [4.69, 9.17) is 4.74 Å². The fraction of sp³-hybridized carbons (Fsp3) is 0.600. The van der Waals surface area contributed by atoms with Crippen molar-refractivity contribution in [1.82, 2.24) is 10.2 Å². The number of rotatable bonds is 5. The number of benzene rings is 1. The number of nitrogens with one attached hydrogen (secondary N) is 1. The quantitative estimate of drug-likeness (QED) is 0.844. The third-order valence-electron chi connectivity index (χ3n) is 3.34. The highest BCUT2D eigenvalue weighted by atomic mass is 16.5. The zero-order chi connectivity index (χ0) is 13.9. The number of likely N-dealkylation sites (N-methyl/N-ethyl adjacent to an activating group) is 1. The second-order valence-electron chi connectivity index (χ2n) is 5.84. The average molecular weight is 264 g/mol. The molecule has 1 aliphatic rings. The number of hydrogen-bond donors (Lipinski definition) is 2. The maximum atomic E-state index is 10.3. The van der Waals surface area contributed by atoms with Crippen LogP contribution in [0.15, 0.2) is 24.3 Å². The predicted octanol–water partition coefficient (Wildman–Crippen LogP) is 1.41. The van der Waals surface area contributed by atoms with Crippen molar-refractivity contribution < 1.29 is 9.84 Å². The molecule has 2 rings (SSSR count). The van der Waals surface area contributed by atoms with Crippen LogP contribution in [0.5, 0.6) is 5.75 Å². The van der Waals surface area contributed by atoms with E-state index in [1.165, 1.54) is 5.56 Å². The molecule has 0 saturated carbocycles. The molecule has 0 spiro atoms. The van der Waals surface area contributed by atoms with Crippen LogP contribution in [-0.2, 0) is 0 Å². The molecule has 0 bridgehead atoms. The van der Waals surface area contributed by atoms with Crippen LogP contribution < -0.4 is 10.1 Å². The molecule has 2 N–H and O–H groups in total. The van der Waals surface area contributed by atoms with Crippen molar-refractivity contribution in [3.63, 3.8) is 0 Å². The van der Waals surface area contributed by atoms with Gasteiger partial charge < -0.3 is 20.1 Å². The topological polar surface area (TPSA) is 44.7 Å². The second kappa shape index (κ2) is 5.90. The molecule has 0 aliphatic carbocycles. The van der Waals surface area contributed by atoms with E-state index >= 15 is 0 Å². The number of para-hydroxylation sites is 1. The van der Waals surface area contributed by atoms with E-state index < -0.39 is 5.60 Å². The minimum Gasteiger partial charge on any atom is -0.493 e. The van der Waals surface area contributed by atoms with Gasteiger partial charge in [-0.3, -0.25) is 0 Å².